The van der Waals surface area contributed by atoms with Gasteiger partial charge in [-0.3, -0.25) is 24.0 Å². The predicted octanol–water partition coefficient (Wildman–Crippen LogP) is 0.181. The van der Waals surface area contributed by atoms with E-state index in [-0.39, 0.29) is 215 Å². The smallest absolute Gasteiger partial charge is 0.407 e. The van der Waals surface area contributed by atoms with Gasteiger partial charge in [0.25, 0.3) is 0 Å². The quantitative estimate of drug-likeness (QED) is 0.0205. The van der Waals surface area contributed by atoms with Gasteiger partial charge in [-0.1, -0.05) is 15.3 Å². The van der Waals surface area contributed by atoms with Gasteiger partial charge in [-0.25, -0.2) is 4.79 Å². The second-order valence-electron chi connectivity index (χ2n) is 19.2. The lowest BCUT2D eigenvalue weighted by Crippen LogP contribution is -2.59. The van der Waals surface area contributed by atoms with Crippen molar-refractivity contribution in [2.75, 3.05) is 251 Å². The first-order valence-electron chi connectivity index (χ1n) is 29.3. The van der Waals surface area contributed by atoms with E-state index in [0.717, 1.165) is 0 Å². The molecular formula is C52H97N15O22. The van der Waals surface area contributed by atoms with E-state index < -0.39 is 42.3 Å². The summed E-state index contributed by atoms with van der Waals surface area (Å²) in [4.78, 5) is 84.1. The number of hydrogen-bond acceptors (Lipinski definition) is 25. The summed E-state index contributed by atoms with van der Waals surface area (Å²) in [6.07, 6.45) is -0.796. The number of alkyl carbamates (subject to hydrolysis) is 1. The zero-order chi connectivity index (χ0) is 65.3. The van der Waals surface area contributed by atoms with Gasteiger partial charge in [0.2, 0.25) is 29.5 Å². The standard InChI is InChI=1S/C52H97N15O22/c1-51(2,3)89-50(73)60-11-22-78-27-26-77-21-10-59-48(71)40-88-41-49(72)64-52(42-85-15-4-45(68)56-7-18-74-28-34-82-37-31-79-23-12-61-65-53,43-86-16-5-46(69)57-8-19-75-29-35-83-38-32-80-24-13-62-66-54)44-87-17-6-47(70)58-9-20-76-30-36-84-39-33-81-25-14-63-67-55/h4-44H2,1-3H3,(H,56,68)(H,57,69)(H,58,70)(H,59,71)(H,60,73)(H,64,72). The molecule has 6 amide bonds. The molecule has 0 aromatic carbocycles. The molecule has 0 spiro atoms. The zero-order valence-corrected chi connectivity index (χ0v) is 52.0. The highest BCUT2D eigenvalue weighted by molar-refractivity contribution is 5.80. The third-order valence-corrected chi connectivity index (χ3v) is 10.4. The summed E-state index contributed by atoms with van der Waals surface area (Å²) in [5, 5.41) is 26.4. The molecule has 6 N–H and O–H groups in total. The fourth-order valence-electron chi connectivity index (χ4n) is 6.40. The molecule has 0 radical (unpaired) electrons. The van der Waals surface area contributed by atoms with Crippen molar-refractivity contribution in [3.63, 3.8) is 0 Å². The summed E-state index contributed by atoms with van der Waals surface area (Å²) in [7, 11) is 0. The van der Waals surface area contributed by atoms with Gasteiger partial charge in [0.05, 0.1) is 185 Å². The number of carbonyl (C=O) groups excluding carboxylic acids is 6. The van der Waals surface area contributed by atoms with Crippen LogP contribution in [0, 0.1) is 0 Å². The van der Waals surface area contributed by atoms with E-state index in [9.17, 15) is 28.8 Å². The predicted molar refractivity (Wildman–Crippen MR) is 315 cm³/mol. The van der Waals surface area contributed by atoms with Gasteiger partial charge >= 0.3 is 6.09 Å². The zero-order valence-electron chi connectivity index (χ0n) is 52.0. The molecule has 0 rings (SSSR count). The van der Waals surface area contributed by atoms with Crippen molar-refractivity contribution in [2.24, 2.45) is 15.3 Å². The van der Waals surface area contributed by atoms with Crippen molar-refractivity contribution in [3.05, 3.63) is 31.3 Å². The number of nitrogens with one attached hydrogen (secondary N) is 6. The molecule has 0 fully saturated rings. The third kappa shape index (κ3) is 62.0. The van der Waals surface area contributed by atoms with Crippen LogP contribution in [0.15, 0.2) is 15.3 Å². The monoisotopic (exact) mass is 1280 g/mol. The average Bonchev–Trinajstić information content (AvgIpc) is 3.59. The van der Waals surface area contributed by atoms with Gasteiger partial charge in [0.1, 0.15) is 24.4 Å². The lowest BCUT2D eigenvalue weighted by molar-refractivity contribution is -0.136. The van der Waals surface area contributed by atoms with Crippen molar-refractivity contribution in [3.8, 4) is 0 Å². The van der Waals surface area contributed by atoms with E-state index in [4.69, 9.17) is 92.4 Å². The molecule has 0 saturated carbocycles. The number of ether oxygens (including phenoxy) is 16. The SMILES string of the molecule is CC(C)(C)OC(=O)NCCOCCOCCNC(=O)COCC(=O)NC(COCCC(=O)NCCOCCOCCOCCN=[N+]=[N-])(COCCC(=O)NCCOCCOCCOCCN=[N+]=[N-])COCCC(=O)NCCOCCOCCOCCN=[N+]=[N-]. The Hall–Kier alpha value is -6.05. The largest absolute Gasteiger partial charge is 0.444 e. The summed E-state index contributed by atoms with van der Waals surface area (Å²) in [5.74, 6) is -2.28. The Bertz CT molecular complexity index is 1820. The van der Waals surface area contributed by atoms with Crippen molar-refractivity contribution >= 4 is 35.6 Å². The summed E-state index contributed by atoms with van der Waals surface area (Å²) in [5.41, 5.74) is 22.8. The van der Waals surface area contributed by atoms with Crippen LogP contribution >= 0.6 is 0 Å². The number of azide groups is 3. The molecule has 0 aliphatic heterocycles. The maximum Gasteiger partial charge on any atom is 0.407 e. The van der Waals surface area contributed by atoms with E-state index in [1.54, 1.807) is 20.8 Å². The number of rotatable bonds is 65. The highest BCUT2D eigenvalue weighted by atomic mass is 16.6. The van der Waals surface area contributed by atoms with Crippen LogP contribution in [0.2, 0.25) is 0 Å². The second-order valence-corrected chi connectivity index (χ2v) is 19.2. The lowest BCUT2D eigenvalue weighted by Gasteiger charge is -2.34. The topological polar surface area (TPSA) is 469 Å². The van der Waals surface area contributed by atoms with Crippen LogP contribution < -0.4 is 31.9 Å². The molecule has 89 heavy (non-hydrogen) atoms. The fourth-order valence-corrected chi connectivity index (χ4v) is 6.40. The van der Waals surface area contributed by atoms with Crippen LogP contribution in [0.4, 0.5) is 4.79 Å². The van der Waals surface area contributed by atoms with Gasteiger partial charge in [-0.15, -0.1) is 0 Å². The second kappa shape index (κ2) is 62.2. The molecule has 0 heterocycles. The van der Waals surface area contributed by atoms with Crippen molar-refractivity contribution in [2.45, 2.75) is 51.2 Å². The van der Waals surface area contributed by atoms with Gasteiger partial charge in [0, 0.05) is 86.4 Å². The Morgan fingerprint density at radius 1 is 0.326 bits per heavy atom. The van der Waals surface area contributed by atoms with Gasteiger partial charge in [0.15, 0.2) is 0 Å². The number of carbonyl (C=O) groups is 6. The fraction of sp³-hybridized carbons (Fsp3) is 0.885. The Labute approximate surface area is 519 Å². The van der Waals surface area contributed by atoms with Gasteiger partial charge in [-0.05, 0) is 37.4 Å². The van der Waals surface area contributed by atoms with Crippen molar-refractivity contribution in [1.82, 2.24) is 31.9 Å². The Balaban J connectivity index is 5.51. The van der Waals surface area contributed by atoms with E-state index in [0.29, 0.717) is 59.5 Å². The molecule has 37 heteroatoms. The first-order chi connectivity index (χ1) is 43.3. The number of amides is 6. The Morgan fingerprint density at radius 3 is 0.899 bits per heavy atom. The molecule has 0 unspecified atom stereocenters. The minimum absolute atomic E-state index is 0.0824. The molecule has 0 aliphatic rings. The van der Waals surface area contributed by atoms with Crippen LogP contribution in [0.3, 0.4) is 0 Å². The van der Waals surface area contributed by atoms with Crippen LogP contribution in [0.5, 0.6) is 0 Å². The van der Waals surface area contributed by atoms with Crippen LogP contribution in [0.25, 0.3) is 31.3 Å². The molecule has 0 saturated heterocycles. The number of nitrogens with zero attached hydrogens (tertiary/aromatic N) is 9. The minimum atomic E-state index is -1.49. The molecule has 0 bridgehead atoms. The van der Waals surface area contributed by atoms with Crippen LogP contribution in [-0.2, 0) is 99.8 Å². The van der Waals surface area contributed by atoms with Gasteiger partial charge in [-0.2, -0.15) is 0 Å². The molecule has 512 valence electrons. The molecule has 0 atom stereocenters. The van der Waals surface area contributed by atoms with E-state index >= 15 is 0 Å². The first-order valence-corrected chi connectivity index (χ1v) is 29.3. The highest BCUT2D eigenvalue weighted by Gasteiger charge is 2.34. The minimum Gasteiger partial charge on any atom is -0.444 e. The summed E-state index contributed by atoms with van der Waals surface area (Å²) < 4.78 is 88.0. The molecule has 0 aromatic heterocycles. The average molecular weight is 1280 g/mol. The van der Waals surface area contributed by atoms with Gasteiger partial charge < -0.3 is 108 Å². The van der Waals surface area contributed by atoms with Crippen molar-refractivity contribution in [1.29, 1.82) is 0 Å². The van der Waals surface area contributed by atoms with Crippen LogP contribution in [-0.4, -0.2) is 297 Å². The molecule has 37 nitrogen and oxygen atoms in total. The van der Waals surface area contributed by atoms with E-state index in [2.05, 4.69) is 62.0 Å². The Morgan fingerprint density at radius 2 is 0.596 bits per heavy atom. The van der Waals surface area contributed by atoms with Crippen molar-refractivity contribution < 1.29 is 105 Å². The lowest BCUT2D eigenvalue weighted by atomic mass is 10.0. The molecular weight excluding hydrogens is 1190 g/mol. The maximum absolute atomic E-state index is 13.6. The number of hydrogen-bond donors (Lipinski definition) is 6. The Kier molecular flexibility index (Phi) is 57.9. The van der Waals surface area contributed by atoms with Crippen LogP contribution in [0.1, 0.15) is 40.0 Å². The molecule has 0 aromatic rings. The summed E-state index contributed by atoms with van der Waals surface area (Å²) in [6.45, 7) is 10.8. The van der Waals surface area contributed by atoms with E-state index in [1.165, 1.54) is 0 Å². The third-order valence-electron chi connectivity index (χ3n) is 10.4. The first kappa shape index (κ1) is 83.0. The highest BCUT2D eigenvalue weighted by Crippen LogP contribution is 2.11. The molecule has 0 aliphatic carbocycles. The summed E-state index contributed by atoms with van der Waals surface area (Å²) >= 11 is 0. The van der Waals surface area contributed by atoms with E-state index in [1.807, 2.05) is 0 Å². The maximum atomic E-state index is 13.6. The summed E-state index contributed by atoms with van der Waals surface area (Å²) in [6, 6.07) is 0. The normalized spacial score (nSPS) is 11.7.